The van der Waals surface area contributed by atoms with Gasteiger partial charge in [-0.3, -0.25) is 0 Å². The molecule has 5 nitrogen and oxygen atoms in total. The Hall–Kier alpha value is -2.09. The molecule has 0 saturated heterocycles. The molecule has 0 aliphatic rings. The van der Waals surface area contributed by atoms with Crippen molar-refractivity contribution in [2.75, 3.05) is 0 Å². The van der Waals surface area contributed by atoms with Crippen molar-refractivity contribution in [2.24, 2.45) is 0 Å². The summed E-state index contributed by atoms with van der Waals surface area (Å²) in [6.07, 6.45) is -0.895. The van der Waals surface area contributed by atoms with Gasteiger partial charge in [0.25, 0.3) is 0 Å². The maximum absolute atomic E-state index is 13.0. The van der Waals surface area contributed by atoms with E-state index in [1.807, 2.05) is 30.3 Å². The monoisotopic (exact) mass is 451 g/mol. The number of aliphatic hydroxyl groups is 1. The van der Waals surface area contributed by atoms with Crippen molar-refractivity contribution in [3.05, 3.63) is 94.0 Å². The van der Waals surface area contributed by atoms with E-state index in [-0.39, 0.29) is 16.5 Å². The van der Waals surface area contributed by atoms with E-state index in [2.05, 4.69) is 4.72 Å². The van der Waals surface area contributed by atoms with Gasteiger partial charge in [0, 0.05) is 5.02 Å². The summed E-state index contributed by atoms with van der Waals surface area (Å²) >= 11 is 11.8. The van der Waals surface area contributed by atoms with Gasteiger partial charge in [-0.25, -0.2) is 13.1 Å². The molecule has 8 heteroatoms. The van der Waals surface area contributed by atoms with E-state index in [1.54, 1.807) is 30.3 Å². The van der Waals surface area contributed by atoms with E-state index in [0.29, 0.717) is 5.56 Å². The third kappa shape index (κ3) is 5.29. The number of aromatic hydroxyl groups is 1. The summed E-state index contributed by atoms with van der Waals surface area (Å²) in [5, 5.41) is 20.9. The molecule has 2 atom stereocenters. The average Bonchev–Trinajstić information content (AvgIpc) is 2.71. The van der Waals surface area contributed by atoms with Crippen LogP contribution >= 0.6 is 23.2 Å². The van der Waals surface area contributed by atoms with Crippen molar-refractivity contribution in [1.82, 2.24) is 4.72 Å². The van der Waals surface area contributed by atoms with Crippen molar-refractivity contribution in [1.29, 1.82) is 0 Å². The van der Waals surface area contributed by atoms with Crippen molar-refractivity contribution < 1.29 is 18.6 Å². The van der Waals surface area contributed by atoms with Crippen LogP contribution in [0.2, 0.25) is 10.0 Å². The molecule has 0 bridgehead atoms. The van der Waals surface area contributed by atoms with Crippen LogP contribution in [0.15, 0.2) is 77.7 Å². The maximum Gasteiger partial charge on any atom is 0.244 e. The molecule has 3 rings (SSSR count). The first-order valence-electron chi connectivity index (χ1n) is 8.75. The largest absolute Gasteiger partial charge is 0.505 e. The van der Waals surface area contributed by atoms with E-state index in [1.165, 1.54) is 6.07 Å². The number of hydrogen-bond donors (Lipinski definition) is 3. The zero-order chi connectivity index (χ0) is 21.0. The van der Waals surface area contributed by atoms with Crippen LogP contribution < -0.4 is 4.72 Å². The van der Waals surface area contributed by atoms with E-state index in [9.17, 15) is 18.6 Å². The summed E-state index contributed by atoms with van der Waals surface area (Å²) in [7, 11) is -4.24. The molecule has 0 radical (unpaired) electrons. The fourth-order valence-corrected chi connectivity index (χ4v) is 4.98. The Labute approximate surface area is 179 Å². The van der Waals surface area contributed by atoms with Crippen molar-refractivity contribution in [3.63, 3.8) is 0 Å². The smallest absolute Gasteiger partial charge is 0.244 e. The van der Waals surface area contributed by atoms with Gasteiger partial charge >= 0.3 is 0 Å². The van der Waals surface area contributed by atoms with Crippen molar-refractivity contribution in [2.45, 2.75) is 23.5 Å². The molecule has 0 spiro atoms. The highest BCUT2D eigenvalue weighted by atomic mass is 35.5. The van der Waals surface area contributed by atoms with Gasteiger partial charge < -0.3 is 10.2 Å². The van der Waals surface area contributed by atoms with E-state index < -0.39 is 32.8 Å². The fraction of sp³-hybridized carbons (Fsp3) is 0.143. The SMILES string of the molecule is O=S(=O)(N[C@@H](Cc1ccccc1)[C@H](O)c1ccccc1)c1cc(Cl)cc(Cl)c1O. The van der Waals surface area contributed by atoms with Crippen molar-refractivity contribution in [3.8, 4) is 5.75 Å². The quantitative estimate of drug-likeness (QED) is 0.498. The first kappa shape index (κ1) is 21.6. The number of aliphatic hydroxyl groups excluding tert-OH is 1. The predicted molar refractivity (Wildman–Crippen MR) is 114 cm³/mol. The van der Waals surface area contributed by atoms with Gasteiger partial charge in [-0.05, 0) is 29.7 Å². The number of rotatable bonds is 7. The number of hydrogen-bond acceptors (Lipinski definition) is 4. The normalized spacial score (nSPS) is 13.8. The lowest BCUT2D eigenvalue weighted by Gasteiger charge is -2.25. The van der Waals surface area contributed by atoms with Crippen LogP contribution in [0.1, 0.15) is 17.2 Å². The lowest BCUT2D eigenvalue weighted by atomic mass is 9.97. The zero-order valence-electron chi connectivity index (χ0n) is 15.2. The Morgan fingerprint density at radius 3 is 2.14 bits per heavy atom. The molecule has 3 N–H and O–H groups in total. The van der Waals surface area contributed by atoms with E-state index in [4.69, 9.17) is 23.2 Å². The molecule has 3 aromatic carbocycles. The third-order valence-electron chi connectivity index (χ3n) is 4.41. The molecule has 0 aliphatic heterocycles. The molecule has 0 unspecified atom stereocenters. The molecule has 29 heavy (non-hydrogen) atoms. The second-order valence-electron chi connectivity index (χ2n) is 6.51. The molecule has 0 saturated carbocycles. The summed E-state index contributed by atoms with van der Waals surface area (Å²) in [4.78, 5) is -0.451. The standard InChI is InChI=1S/C21H19Cl2NO4S/c22-16-12-17(23)21(26)19(13-16)29(27,28)24-18(11-14-7-3-1-4-8-14)20(25)15-9-5-2-6-10-15/h1-10,12-13,18,20,24-26H,11H2/t18-,20+/m0/s1. The molecule has 0 fully saturated rings. The fourth-order valence-electron chi connectivity index (χ4n) is 2.98. The Morgan fingerprint density at radius 1 is 0.931 bits per heavy atom. The number of phenolic OH excluding ortho intramolecular Hbond substituents is 1. The Morgan fingerprint density at radius 2 is 1.52 bits per heavy atom. The molecule has 0 amide bonds. The Kier molecular flexibility index (Phi) is 6.82. The Bertz CT molecular complexity index is 1080. The predicted octanol–water partition coefficient (Wildman–Crippen LogP) is 4.32. The van der Waals surface area contributed by atoms with Gasteiger partial charge in [-0.2, -0.15) is 0 Å². The van der Waals surface area contributed by atoms with Gasteiger partial charge in [-0.15, -0.1) is 0 Å². The van der Waals surface area contributed by atoms with Crippen LogP contribution in [0.25, 0.3) is 0 Å². The van der Waals surface area contributed by atoms with Crippen LogP contribution in [0.3, 0.4) is 0 Å². The topological polar surface area (TPSA) is 86.6 Å². The number of benzene rings is 3. The van der Waals surface area contributed by atoms with Gasteiger partial charge in [0.05, 0.1) is 17.2 Å². The molecular weight excluding hydrogens is 433 g/mol. The van der Waals surface area contributed by atoms with Gasteiger partial charge in [0.2, 0.25) is 10.0 Å². The van der Waals surface area contributed by atoms with Crippen LogP contribution in [0.5, 0.6) is 5.75 Å². The highest BCUT2D eigenvalue weighted by molar-refractivity contribution is 7.89. The van der Waals surface area contributed by atoms with E-state index >= 15 is 0 Å². The number of phenols is 1. The number of nitrogens with one attached hydrogen (secondary N) is 1. The number of sulfonamides is 1. The highest BCUT2D eigenvalue weighted by Crippen LogP contribution is 2.34. The summed E-state index contributed by atoms with van der Waals surface area (Å²) < 4.78 is 28.5. The summed E-state index contributed by atoms with van der Waals surface area (Å²) in [6.45, 7) is 0. The first-order chi connectivity index (χ1) is 13.8. The molecule has 0 heterocycles. The van der Waals surface area contributed by atoms with Gasteiger partial charge in [-0.1, -0.05) is 83.9 Å². The minimum absolute atomic E-state index is 0.0661. The first-order valence-corrected chi connectivity index (χ1v) is 11.0. The lowest BCUT2D eigenvalue weighted by Crippen LogP contribution is -2.41. The van der Waals surface area contributed by atoms with Crippen molar-refractivity contribution >= 4 is 33.2 Å². The second-order valence-corrected chi connectivity index (χ2v) is 9.03. The summed E-state index contributed by atoms with van der Waals surface area (Å²) in [6, 6.07) is 19.4. The highest BCUT2D eigenvalue weighted by Gasteiger charge is 2.29. The average molecular weight is 452 g/mol. The second kappa shape index (κ2) is 9.15. The van der Waals surface area contributed by atoms with Crippen LogP contribution in [-0.4, -0.2) is 24.7 Å². The van der Waals surface area contributed by atoms with Crippen LogP contribution in [-0.2, 0) is 16.4 Å². The zero-order valence-corrected chi connectivity index (χ0v) is 17.5. The molecule has 0 aromatic heterocycles. The van der Waals surface area contributed by atoms with Crippen LogP contribution in [0, 0.1) is 0 Å². The minimum Gasteiger partial charge on any atom is -0.505 e. The lowest BCUT2D eigenvalue weighted by molar-refractivity contribution is 0.138. The third-order valence-corrected chi connectivity index (χ3v) is 6.42. The van der Waals surface area contributed by atoms with Gasteiger partial charge in [0.15, 0.2) is 5.75 Å². The van der Waals surface area contributed by atoms with Gasteiger partial charge in [0.1, 0.15) is 4.90 Å². The van der Waals surface area contributed by atoms with E-state index in [0.717, 1.165) is 11.6 Å². The number of halogens is 2. The van der Waals surface area contributed by atoms with Crippen LogP contribution in [0.4, 0.5) is 0 Å². The maximum atomic E-state index is 13.0. The summed E-state index contributed by atoms with van der Waals surface area (Å²) in [5.74, 6) is -0.601. The minimum atomic E-state index is -4.24. The Balaban J connectivity index is 1.98. The summed E-state index contributed by atoms with van der Waals surface area (Å²) in [5.41, 5.74) is 1.40. The molecule has 0 aliphatic carbocycles. The molecular formula is C21H19Cl2NO4S. The molecule has 3 aromatic rings. The molecule has 152 valence electrons.